The molecule has 2 heterocycles. The third kappa shape index (κ3) is 3.25. The van der Waals surface area contributed by atoms with Crippen molar-refractivity contribution in [2.75, 3.05) is 52.4 Å². The Labute approximate surface area is 113 Å². The van der Waals surface area contributed by atoms with Gasteiger partial charge in [-0.05, 0) is 37.3 Å². The lowest BCUT2D eigenvalue weighted by atomic mass is 9.76. The van der Waals surface area contributed by atoms with Crippen molar-refractivity contribution in [3.05, 3.63) is 0 Å². The van der Waals surface area contributed by atoms with Crippen LogP contribution in [0.4, 0.5) is 0 Å². The molecule has 0 aromatic rings. The van der Waals surface area contributed by atoms with E-state index in [1.165, 1.54) is 65.2 Å². The largest absolute Gasteiger partial charge is 0.316 e. The molecule has 3 heteroatoms. The van der Waals surface area contributed by atoms with Gasteiger partial charge in [0.05, 0.1) is 0 Å². The fraction of sp³-hybridized carbons (Fsp3) is 1.00. The molecule has 2 saturated heterocycles. The summed E-state index contributed by atoms with van der Waals surface area (Å²) >= 11 is 0. The summed E-state index contributed by atoms with van der Waals surface area (Å²) in [5.74, 6) is 0.793. The number of hydrogen-bond acceptors (Lipinski definition) is 3. The van der Waals surface area contributed by atoms with Crippen LogP contribution in [-0.4, -0.2) is 62.2 Å². The van der Waals surface area contributed by atoms with Crippen molar-refractivity contribution < 1.29 is 0 Å². The summed E-state index contributed by atoms with van der Waals surface area (Å²) in [6.45, 7) is 17.2. The number of nitrogens with zero attached hydrogens (tertiary/aromatic N) is 2. The van der Waals surface area contributed by atoms with Crippen molar-refractivity contribution in [3.8, 4) is 0 Å². The van der Waals surface area contributed by atoms with Crippen LogP contribution in [0.5, 0.6) is 0 Å². The maximum Gasteiger partial charge on any atom is 0.0110 e. The zero-order valence-electron chi connectivity index (χ0n) is 12.5. The molecule has 0 aliphatic carbocycles. The zero-order valence-corrected chi connectivity index (χ0v) is 12.5. The van der Waals surface area contributed by atoms with Crippen LogP contribution in [-0.2, 0) is 0 Å². The van der Waals surface area contributed by atoms with Gasteiger partial charge < -0.3 is 15.1 Å². The Kier molecular flexibility index (Phi) is 5.05. The maximum absolute atomic E-state index is 3.58. The van der Waals surface area contributed by atoms with Crippen LogP contribution in [0.15, 0.2) is 0 Å². The van der Waals surface area contributed by atoms with E-state index >= 15 is 0 Å². The molecule has 1 N–H and O–H groups in total. The quantitative estimate of drug-likeness (QED) is 0.804. The van der Waals surface area contributed by atoms with Gasteiger partial charge >= 0.3 is 0 Å². The highest BCUT2D eigenvalue weighted by molar-refractivity contribution is 4.93. The number of nitrogens with one attached hydrogen (secondary N) is 1. The van der Waals surface area contributed by atoms with Gasteiger partial charge in [0.15, 0.2) is 0 Å². The van der Waals surface area contributed by atoms with Crippen molar-refractivity contribution in [3.63, 3.8) is 0 Å². The molecule has 2 rings (SSSR count). The number of hydrogen-bond donors (Lipinski definition) is 1. The smallest absolute Gasteiger partial charge is 0.0110 e. The minimum absolute atomic E-state index is 0.535. The monoisotopic (exact) mass is 253 g/mol. The van der Waals surface area contributed by atoms with Gasteiger partial charge in [-0.1, -0.05) is 20.8 Å². The minimum Gasteiger partial charge on any atom is -0.316 e. The van der Waals surface area contributed by atoms with Crippen LogP contribution < -0.4 is 5.32 Å². The van der Waals surface area contributed by atoms with Crippen LogP contribution in [0.1, 0.15) is 33.6 Å². The highest BCUT2D eigenvalue weighted by Crippen LogP contribution is 2.35. The fourth-order valence-electron chi connectivity index (χ4n) is 3.51. The van der Waals surface area contributed by atoms with Crippen molar-refractivity contribution in [2.45, 2.75) is 33.6 Å². The molecule has 2 aliphatic heterocycles. The molecule has 0 amide bonds. The molecular weight excluding hydrogens is 222 g/mol. The molecule has 0 spiro atoms. The van der Waals surface area contributed by atoms with E-state index in [-0.39, 0.29) is 0 Å². The molecule has 2 aliphatic rings. The summed E-state index contributed by atoms with van der Waals surface area (Å²) in [5.41, 5.74) is 0.535. The second kappa shape index (κ2) is 6.36. The van der Waals surface area contributed by atoms with E-state index in [2.05, 4.69) is 35.9 Å². The molecule has 0 aromatic heterocycles. The van der Waals surface area contributed by atoms with Gasteiger partial charge in [-0.3, -0.25) is 0 Å². The third-order valence-electron chi connectivity index (χ3n) is 5.04. The first-order chi connectivity index (χ1) is 8.66. The van der Waals surface area contributed by atoms with E-state index in [0.717, 1.165) is 5.92 Å². The first kappa shape index (κ1) is 14.3. The van der Waals surface area contributed by atoms with Gasteiger partial charge in [0.25, 0.3) is 0 Å². The summed E-state index contributed by atoms with van der Waals surface area (Å²) in [5, 5.41) is 3.58. The van der Waals surface area contributed by atoms with E-state index in [1.54, 1.807) is 0 Å². The summed E-state index contributed by atoms with van der Waals surface area (Å²) in [6, 6.07) is 0. The predicted molar refractivity (Wildman–Crippen MR) is 77.9 cm³/mol. The minimum atomic E-state index is 0.535. The van der Waals surface area contributed by atoms with Crippen LogP contribution in [0.2, 0.25) is 0 Å². The van der Waals surface area contributed by atoms with Gasteiger partial charge in [0.1, 0.15) is 0 Å². The van der Waals surface area contributed by atoms with Crippen LogP contribution in [0.25, 0.3) is 0 Å². The first-order valence-electron chi connectivity index (χ1n) is 7.82. The molecule has 0 radical (unpaired) electrons. The molecule has 2 fully saturated rings. The second-order valence-electron chi connectivity index (χ2n) is 6.56. The lowest BCUT2D eigenvalue weighted by Gasteiger charge is -2.42. The summed E-state index contributed by atoms with van der Waals surface area (Å²) in [6.07, 6.45) is 2.65. The summed E-state index contributed by atoms with van der Waals surface area (Å²) in [7, 11) is 0. The van der Waals surface area contributed by atoms with Crippen LogP contribution in [0.3, 0.4) is 0 Å². The highest BCUT2D eigenvalue weighted by Gasteiger charge is 2.38. The Morgan fingerprint density at radius 1 is 1.11 bits per heavy atom. The molecule has 0 bridgehead atoms. The van der Waals surface area contributed by atoms with Gasteiger partial charge in [-0.15, -0.1) is 0 Å². The van der Waals surface area contributed by atoms with Crippen molar-refractivity contribution in [1.82, 2.24) is 15.1 Å². The Morgan fingerprint density at radius 2 is 1.78 bits per heavy atom. The Morgan fingerprint density at radius 3 is 2.28 bits per heavy atom. The van der Waals surface area contributed by atoms with E-state index in [9.17, 15) is 0 Å². The first-order valence-corrected chi connectivity index (χ1v) is 7.82. The van der Waals surface area contributed by atoms with Crippen molar-refractivity contribution >= 4 is 0 Å². The summed E-state index contributed by atoms with van der Waals surface area (Å²) < 4.78 is 0. The Hall–Kier alpha value is -0.120. The van der Waals surface area contributed by atoms with Crippen LogP contribution >= 0.6 is 0 Å². The normalized spacial score (nSPS) is 31.3. The van der Waals surface area contributed by atoms with Gasteiger partial charge in [0, 0.05) is 39.3 Å². The predicted octanol–water partition coefficient (Wildman–Crippen LogP) is 1.65. The topological polar surface area (TPSA) is 18.5 Å². The lowest BCUT2D eigenvalue weighted by Crippen LogP contribution is -2.51. The van der Waals surface area contributed by atoms with E-state index in [4.69, 9.17) is 0 Å². The molecule has 1 atom stereocenters. The molecular formula is C15H31N3. The Balaban J connectivity index is 1.83. The molecule has 1 unspecified atom stereocenters. The standard InChI is InChI=1S/C15H31N3/c1-4-7-17-8-10-18(11-9-17)13-15(14(2)3)5-6-16-12-15/h14,16H,4-13H2,1-3H3. The van der Waals surface area contributed by atoms with Gasteiger partial charge in [0.2, 0.25) is 0 Å². The number of rotatable bonds is 5. The lowest BCUT2D eigenvalue weighted by molar-refractivity contribution is 0.0695. The molecule has 3 nitrogen and oxygen atoms in total. The molecule has 18 heavy (non-hydrogen) atoms. The zero-order chi connectivity index (χ0) is 13.0. The highest BCUT2D eigenvalue weighted by atomic mass is 15.3. The van der Waals surface area contributed by atoms with Gasteiger partial charge in [-0.2, -0.15) is 0 Å². The maximum atomic E-state index is 3.58. The average Bonchev–Trinajstić information content (AvgIpc) is 2.82. The SMILES string of the molecule is CCCN1CCN(CC2(C(C)C)CCNC2)CC1. The van der Waals surface area contributed by atoms with Gasteiger partial charge in [-0.25, -0.2) is 0 Å². The van der Waals surface area contributed by atoms with E-state index in [1.807, 2.05) is 0 Å². The Bertz CT molecular complexity index is 238. The summed E-state index contributed by atoms with van der Waals surface area (Å²) in [4.78, 5) is 5.32. The van der Waals surface area contributed by atoms with Crippen LogP contribution in [0, 0.1) is 11.3 Å². The molecule has 0 saturated carbocycles. The third-order valence-corrected chi connectivity index (χ3v) is 5.04. The molecule has 0 aromatic carbocycles. The second-order valence-corrected chi connectivity index (χ2v) is 6.56. The fourth-order valence-corrected chi connectivity index (χ4v) is 3.51. The van der Waals surface area contributed by atoms with E-state index < -0.39 is 0 Å². The van der Waals surface area contributed by atoms with Crippen molar-refractivity contribution in [1.29, 1.82) is 0 Å². The van der Waals surface area contributed by atoms with E-state index in [0.29, 0.717) is 5.41 Å². The van der Waals surface area contributed by atoms with Crippen molar-refractivity contribution in [2.24, 2.45) is 11.3 Å². The average molecular weight is 253 g/mol. The number of piperazine rings is 1. The molecule has 106 valence electrons.